The van der Waals surface area contributed by atoms with Crippen LogP contribution in [0.4, 0.5) is 0 Å². The fraction of sp³-hybridized carbons (Fsp3) is 0.921. The smallest absolute Gasteiger partial charge is 0.305 e. The molecule has 6 nitrogen and oxygen atoms in total. The molecule has 0 aliphatic heterocycles. The predicted molar refractivity (Wildman–Crippen MR) is 361 cm³/mol. The highest BCUT2D eigenvalue weighted by atomic mass is 16.5. The van der Waals surface area contributed by atoms with Crippen molar-refractivity contribution in [3.63, 3.8) is 0 Å². The number of aliphatic hydroxyl groups is 2. The van der Waals surface area contributed by atoms with Crippen molar-refractivity contribution >= 4 is 11.9 Å². The minimum Gasteiger partial charge on any atom is -0.466 e. The Bertz CT molecular complexity index is 1280. The number of hydrogen-bond donors (Lipinski definition) is 3. The van der Waals surface area contributed by atoms with Crippen LogP contribution >= 0.6 is 0 Å². The molecule has 0 aromatic rings. The number of ether oxygens (including phenoxy) is 1. The van der Waals surface area contributed by atoms with E-state index in [0.717, 1.165) is 38.5 Å². The van der Waals surface area contributed by atoms with Crippen molar-refractivity contribution in [3.05, 3.63) is 24.3 Å². The summed E-state index contributed by atoms with van der Waals surface area (Å²) < 4.78 is 5.51. The van der Waals surface area contributed by atoms with Gasteiger partial charge in [-0.15, -0.1) is 0 Å². The molecule has 0 bridgehead atoms. The second kappa shape index (κ2) is 71.8. The van der Waals surface area contributed by atoms with Gasteiger partial charge in [0.15, 0.2) is 0 Å². The molecule has 0 aliphatic carbocycles. The Kier molecular flexibility index (Phi) is 70.4. The van der Waals surface area contributed by atoms with Crippen LogP contribution in [0.25, 0.3) is 0 Å². The summed E-state index contributed by atoms with van der Waals surface area (Å²) in [4.78, 5) is 24.6. The monoisotopic (exact) mass is 1150 g/mol. The molecule has 82 heavy (non-hydrogen) atoms. The third kappa shape index (κ3) is 67.5. The lowest BCUT2D eigenvalue weighted by Crippen LogP contribution is -2.45. The first-order valence-corrected chi connectivity index (χ1v) is 37.6. The minimum absolute atomic E-state index is 0.0259. The Morgan fingerprint density at radius 2 is 0.573 bits per heavy atom. The average Bonchev–Trinajstić information content (AvgIpc) is 3.48. The maximum absolute atomic E-state index is 12.4. The number of carbonyl (C=O) groups is 2. The number of carbonyl (C=O) groups excluding carboxylic acids is 2. The van der Waals surface area contributed by atoms with Crippen LogP contribution in [0.1, 0.15) is 425 Å². The second-order valence-corrected chi connectivity index (χ2v) is 26.0. The van der Waals surface area contributed by atoms with Gasteiger partial charge in [0, 0.05) is 12.8 Å². The van der Waals surface area contributed by atoms with Crippen molar-refractivity contribution < 1.29 is 24.5 Å². The van der Waals surface area contributed by atoms with E-state index >= 15 is 0 Å². The van der Waals surface area contributed by atoms with Gasteiger partial charge in [-0.1, -0.05) is 378 Å². The summed E-state index contributed by atoms with van der Waals surface area (Å²) in [5.41, 5.74) is 0. The van der Waals surface area contributed by atoms with Gasteiger partial charge in [-0.25, -0.2) is 0 Å². The molecule has 0 spiro atoms. The lowest BCUT2D eigenvalue weighted by Gasteiger charge is -2.20. The highest BCUT2D eigenvalue weighted by molar-refractivity contribution is 5.76. The first kappa shape index (κ1) is 80.3. The second-order valence-electron chi connectivity index (χ2n) is 26.0. The fourth-order valence-electron chi connectivity index (χ4n) is 12.0. The number of nitrogens with one attached hydrogen (secondary N) is 1. The van der Waals surface area contributed by atoms with Gasteiger partial charge >= 0.3 is 5.97 Å². The number of esters is 1. The number of aliphatic hydroxyl groups excluding tert-OH is 2. The number of allylic oxidation sites excluding steroid dienone is 3. The van der Waals surface area contributed by atoms with Crippen LogP contribution < -0.4 is 5.32 Å². The third-order valence-corrected chi connectivity index (χ3v) is 17.7. The summed E-state index contributed by atoms with van der Waals surface area (Å²) in [6.07, 6.45) is 91.6. The van der Waals surface area contributed by atoms with Gasteiger partial charge in [0.2, 0.25) is 5.91 Å². The number of hydrogen-bond acceptors (Lipinski definition) is 5. The van der Waals surface area contributed by atoms with Crippen molar-refractivity contribution in [2.75, 3.05) is 13.2 Å². The van der Waals surface area contributed by atoms with E-state index in [9.17, 15) is 19.8 Å². The summed E-state index contributed by atoms with van der Waals surface area (Å²) in [6, 6.07) is -0.623. The summed E-state index contributed by atoms with van der Waals surface area (Å²) in [5, 5.41) is 23.1. The molecule has 0 saturated heterocycles. The molecular formula is C76H147NO5. The molecular weight excluding hydrogens is 1010 g/mol. The predicted octanol–water partition coefficient (Wildman–Crippen LogP) is 24.5. The molecule has 0 radical (unpaired) electrons. The van der Waals surface area contributed by atoms with E-state index in [-0.39, 0.29) is 18.5 Å². The molecule has 0 fully saturated rings. The molecule has 0 aliphatic rings. The zero-order valence-electron chi connectivity index (χ0n) is 55.8. The quantitative estimate of drug-likeness (QED) is 0.0320. The highest BCUT2D eigenvalue weighted by Crippen LogP contribution is 2.19. The summed E-state index contributed by atoms with van der Waals surface area (Å²) in [6.45, 7) is 4.93. The zero-order valence-corrected chi connectivity index (χ0v) is 55.8. The Morgan fingerprint density at radius 1 is 0.329 bits per heavy atom. The summed E-state index contributed by atoms with van der Waals surface area (Å²) >= 11 is 0. The first-order valence-electron chi connectivity index (χ1n) is 37.6. The molecule has 3 N–H and O–H groups in total. The van der Waals surface area contributed by atoms with Gasteiger partial charge in [-0.05, 0) is 57.8 Å². The van der Waals surface area contributed by atoms with Gasteiger partial charge < -0.3 is 20.3 Å². The Hall–Kier alpha value is -1.66. The molecule has 2 unspecified atom stereocenters. The molecule has 0 saturated carbocycles. The van der Waals surface area contributed by atoms with Crippen molar-refractivity contribution in [1.29, 1.82) is 0 Å². The third-order valence-electron chi connectivity index (χ3n) is 17.7. The van der Waals surface area contributed by atoms with Crippen LogP contribution in [0.3, 0.4) is 0 Å². The normalized spacial score (nSPS) is 12.6. The number of rotatable bonds is 71. The topological polar surface area (TPSA) is 95.9 Å². The van der Waals surface area contributed by atoms with Crippen LogP contribution in [-0.2, 0) is 14.3 Å². The fourth-order valence-corrected chi connectivity index (χ4v) is 12.0. The van der Waals surface area contributed by atoms with Gasteiger partial charge in [0.05, 0.1) is 25.4 Å². The lowest BCUT2D eigenvalue weighted by molar-refractivity contribution is -0.143. The van der Waals surface area contributed by atoms with E-state index in [4.69, 9.17) is 4.74 Å². The van der Waals surface area contributed by atoms with E-state index in [0.29, 0.717) is 19.4 Å². The SMILES string of the molecule is CCCCCCCCCCC/C=C/C(O)C(CO)NC(=O)CCCCCCCCCCCCCCCCCCC/C=C\CCCCCCCCCCCCCCCCCCOC(=O)CCCCCCCCCCCCCCCCCCC. The van der Waals surface area contributed by atoms with Gasteiger partial charge in [-0.3, -0.25) is 9.59 Å². The van der Waals surface area contributed by atoms with E-state index in [1.165, 1.54) is 360 Å². The maximum Gasteiger partial charge on any atom is 0.305 e. The Balaban J connectivity index is 3.30. The minimum atomic E-state index is -0.840. The molecule has 6 heteroatoms. The zero-order chi connectivity index (χ0) is 59.2. The van der Waals surface area contributed by atoms with Crippen LogP contribution in [0, 0.1) is 0 Å². The van der Waals surface area contributed by atoms with Crippen LogP contribution in [0.2, 0.25) is 0 Å². The highest BCUT2D eigenvalue weighted by Gasteiger charge is 2.18. The molecule has 486 valence electrons. The van der Waals surface area contributed by atoms with Crippen molar-refractivity contribution in [3.8, 4) is 0 Å². The van der Waals surface area contributed by atoms with Crippen molar-refractivity contribution in [1.82, 2.24) is 5.32 Å². The van der Waals surface area contributed by atoms with Crippen molar-refractivity contribution in [2.24, 2.45) is 0 Å². The van der Waals surface area contributed by atoms with Gasteiger partial charge in [0.25, 0.3) is 0 Å². The van der Waals surface area contributed by atoms with Crippen LogP contribution in [0.15, 0.2) is 24.3 Å². The molecule has 1 amide bonds. The van der Waals surface area contributed by atoms with Crippen LogP contribution in [0.5, 0.6) is 0 Å². The number of unbranched alkanes of at least 4 members (excludes halogenated alkanes) is 58. The van der Waals surface area contributed by atoms with E-state index in [2.05, 4.69) is 31.3 Å². The van der Waals surface area contributed by atoms with E-state index < -0.39 is 12.1 Å². The van der Waals surface area contributed by atoms with Crippen molar-refractivity contribution in [2.45, 2.75) is 437 Å². The summed E-state index contributed by atoms with van der Waals surface area (Å²) in [7, 11) is 0. The molecule has 0 heterocycles. The van der Waals surface area contributed by atoms with E-state index in [1.807, 2.05) is 6.08 Å². The average molecular weight is 1160 g/mol. The Morgan fingerprint density at radius 3 is 0.866 bits per heavy atom. The maximum atomic E-state index is 12.4. The van der Waals surface area contributed by atoms with E-state index in [1.54, 1.807) is 6.08 Å². The van der Waals surface area contributed by atoms with Gasteiger partial charge in [0.1, 0.15) is 0 Å². The molecule has 0 aromatic heterocycles. The van der Waals surface area contributed by atoms with Crippen LogP contribution in [-0.4, -0.2) is 47.4 Å². The summed E-state index contributed by atoms with van der Waals surface area (Å²) in [5.74, 6) is -0.0374. The Labute approximate surface area is 513 Å². The number of amides is 1. The van der Waals surface area contributed by atoms with Gasteiger partial charge in [-0.2, -0.15) is 0 Å². The largest absolute Gasteiger partial charge is 0.466 e. The standard InChI is InChI=1S/C76H147NO5/c1-3-5-7-9-11-13-15-16-17-39-43-46-50-54-58-62-66-70-76(81)82-71-67-63-59-55-51-47-44-41-38-36-34-32-30-28-26-24-22-20-18-19-21-23-25-27-29-31-33-35-37-40-42-45-49-53-57-61-65-69-75(80)77-73(72-78)74(79)68-64-60-56-52-48-14-12-10-8-6-4-2/h18,20,64,68,73-74,78-79H,3-17,19,21-63,65-67,69-72H2,1-2H3,(H,77,80)/b20-18-,68-64+. The molecule has 2 atom stereocenters. The molecule has 0 rings (SSSR count). The lowest BCUT2D eigenvalue weighted by atomic mass is 10.0. The molecule has 0 aromatic carbocycles. The first-order chi connectivity index (χ1) is 40.5.